The average Bonchev–Trinajstić information content (AvgIpc) is 2.67. The van der Waals surface area contributed by atoms with Gasteiger partial charge in [-0.25, -0.2) is 4.98 Å². The second kappa shape index (κ2) is 6.33. The minimum Gasteiger partial charge on any atom is -0.497 e. The van der Waals surface area contributed by atoms with Gasteiger partial charge in [-0.2, -0.15) is 0 Å². The molecule has 2 heterocycles. The van der Waals surface area contributed by atoms with Crippen molar-refractivity contribution in [2.75, 3.05) is 12.4 Å². The van der Waals surface area contributed by atoms with E-state index in [0.717, 1.165) is 33.8 Å². The summed E-state index contributed by atoms with van der Waals surface area (Å²) in [5.41, 5.74) is 4.51. The fourth-order valence-electron chi connectivity index (χ4n) is 3.64. The Morgan fingerprint density at radius 1 is 1.19 bits per heavy atom. The van der Waals surface area contributed by atoms with Crippen LogP contribution in [0.15, 0.2) is 53.3 Å². The van der Waals surface area contributed by atoms with Gasteiger partial charge in [0.2, 0.25) is 5.95 Å². The highest BCUT2D eigenvalue weighted by Gasteiger charge is 2.30. The highest BCUT2D eigenvalue weighted by Crippen LogP contribution is 2.40. The van der Waals surface area contributed by atoms with Gasteiger partial charge >= 0.3 is 0 Å². The Hall–Kier alpha value is -3.08. The largest absolute Gasteiger partial charge is 0.497 e. The number of ether oxygens (including phenoxy) is 1. The maximum atomic E-state index is 13.3. The van der Waals surface area contributed by atoms with Crippen molar-refractivity contribution in [1.29, 1.82) is 0 Å². The molecule has 1 N–H and O–H groups in total. The molecule has 132 valence electrons. The van der Waals surface area contributed by atoms with E-state index in [1.165, 1.54) is 0 Å². The summed E-state index contributed by atoms with van der Waals surface area (Å²) in [7, 11) is 1.65. The molecule has 0 saturated heterocycles. The standard InChI is InChI=1S/C21H21N3O2/c1-4-16-13(2)22-21-23-18-11-10-15(26-3)12-17(18)19(24(21)20(16)25)14-8-6-5-7-9-14/h5-12,19H,4H2,1-3H3,(H,22,23)/t19-/m0/s1. The highest BCUT2D eigenvalue weighted by molar-refractivity contribution is 5.67. The Kier molecular flexibility index (Phi) is 3.99. The van der Waals surface area contributed by atoms with Crippen molar-refractivity contribution < 1.29 is 4.74 Å². The molecule has 0 radical (unpaired) electrons. The van der Waals surface area contributed by atoms with Crippen LogP contribution in [0, 0.1) is 6.92 Å². The topological polar surface area (TPSA) is 56.2 Å². The molecule has 1 aliphatic rings. The van der Waals surface area contributed by atoms with Crippen LogP contribution in [0.4, 0.5) is 11.6 Å². The molecule has 1 atom stereocenters. The first-order valence-corrected chi connectivity index (χ1v) is 8.76. The van der Waals surface area contributed by atoms with Crippen LogP contribution in [0.25, 0.3) is 0 Å². The summed E-state index contributed by atoms with van der Waals surface area (Å²) >= 11 is 0. The summed E-state index contributed by atoms with van der Waals surface area (Å²) in [6.07, 6.45) is 0.657. The number of aromatic nitrogens is 2. The number of hydrogen-bond acceptors (Lipinski definition) is 4. The third-order valence-corrected chi connectivity index (χ3v) is 4.94. The van der Waals surface area contributed by atoms with Crippen LogP contribution in [0.2, 0.25) is 0 Å². The van der Waals surface area contributed by atoms with Crippen LogP contribution >= 0.6 is 0 Å². The Labute approximate surface area is 152 Å². The molecule has 0 amide bonds. The fourth-order valence-corrected chi connectivity index (χ4v) is 3.64. The van der Waals surface area contributed by atoms with Crippen LogP contribution in [0.3, 0.4) is 0 Å². The summed E-state index contributed by atoms with van der Waals surface area (Å²) in [4.78, 5) is 17.9. The highest BCUT2D eigenvalue weighted by atomic mass is 16.5. The SMILES string of the molecule is CCc1c(C)nc2n(c1=O)[C@@H](c1ccccc1)c1cc(OC)ccc1N2. The third kappa shape index (κ3) is 2.47. The zero-order valence-electron chi connectivity index (χ0n) is 15.1. The predicted molar refractivity (Wildman–Crippen MR) is 103 cm³/mol. The molecule has 0 saturated carbocycles. The molecule has 1 aromatic heterocycles. The second-order valence-electron chi connectivity index (χ2n) is 6.42. The van der Waals surface area contributed by atoms with E-state index in [2.05, 4.69) is 10.3 Å². The van der Waals surface area contributed by atoms with Gasteiger partial charge in [-0.05, 0) is 37.1 Å². The molecular formula is C21H21N3O2. The van der Waals surface area contributed by atoms with E-state index in [-0.39, 0.29) is 11.6 Å². The van der Waals surface area contributed by atoms with Crippen molar-refractivity contribution in [3.63, 3.8) is 0 Å². The number of nitrogens with one attached hydrogen (secondary N) is 1. The van der Waals surface area contributed by atoms with Gasteiger partial charge < -0.3 is 10.1 Å². The van der Waals surface area contributed by atoms with Crippen LogP contribution < -0.4 is 15.6 Å². The van der Waals surface area contributed by atoms with Crippen LogP contribution in [0.5, 0.6) is 5.75 Å². The number of benzene rings is 2. The molecule has 5 nitrogen and oxygen atoms in total. The monoisotopic (exact) mass is 347 g/mol. The molecule has 5 heteroatoms. The van der Waals surface area contributed by atoms with Crippen LogP contribution in [-0.4, -0.2) is 16.7 Å². The minimum atomic E-state index is -0.247. The summed E-state index contributed by atoms with van der Waals surface area (Å²) in [6, 6.07) is 15.7. The zero-order chi connectivity index (χ0) is 18.3. The van der Waals surface area contributed by atoms with Gasteiger partial charge in [-0.15, -0.1) is 0 Å². The van der Waals surface area contributed by atoms with Crippen molar-refractivity contribution in [1.82, 2.24) is 9.55 Å². The Morgan fingerprint density at radius 2 is 1.96 bits per heavy atom. The molecule has 0 unspecified atom stereocenters. The quantitative estimate of drug-likeness (QED) is 0.612. The molecule has 3 aromatic rings. The molecule has 0 aliphatic carbocycles. The molecule has 0 spiro atoms. The number of nitrogens with zero attached hydrogens (tertiary/aromatic N) is 2. The summed E-state index contributed by atoms with van der Waals surface area (Å²) in [6.45, 7) is 3.88. The Bertz CT molecular complexity index is 1030. The number of anilines is 2. The number of aryl methyl sites for hydroxylation is 1. The first kappa shape index (κ1) is 16.4. The summed E-state index contributed by atoms with van der Waals surface area (Å²) in [5, 5.41) is 3.32. The molecule has 2 aromatic carbocycles. The lowest BCUT2D eigenvalue weighted by atomic mass is 9.94. The lowest BCUT2D eigenvalue weighted by Crippen LogP contribution is -2.35. The van der Waals surface area contributed by atoms with Crippen molar-refractivity contribution in [2.45, 2.75) is 26.3 Å². The first-order valence-electron chi connectivity index (χ1n) is 8.76. The van der Waals surface area contributed by atoms with E-state index in [4.69, 9.17) is 4.74 Å². The van der Waals surface area contributed by atoms with E-state index in [1.807, 2.05) is 62.4 Å². The van der Waals surface area contributed by atoms with Crippen molar-refractivity contribution >= 4 is 11.6 Å². The number of fused-ring (bicyclic) bond motifs is 2. The summed E-state index contributed by atoms with van der Waals surface area (Å²) in [5.74, 6) is 1.34. The Morgan fingerprint density at radius 3 is 2.65 bits per heavy atom. The van der Waals surface area contributed by atoms with Gasteiger partial charge in [-0.1, -0.05) is 37.3 Å². The molecule has 4 rings (SSSR count). The Balaban J connectivity index is 2.04. The fraction of sp³-hybridized carbons (Fsp3) is 0.238. The number of methoxy groups -OCH3 is 1. The maximum Gasteiger partial charge on any atom is 0.259 e. The molecule has 0 fully saturated rings. The maximum absolute atomic E-state index is 13.3. The van der Waals surface area contributed by atoms with E-state index in [0.29, 0.717) is 12.4 Å². The van der Waals surface area contributed by atoms with Gasteiger partial charge in [0, 0.05) is 22.5 Å². The molecule has 0 bridgehead atoms. The van der Waals surface area contributed by atoms with E-state index < -0.39 is 0 Å². The predicted octanol–water partition coefficient (Wildman–Crippen LogP) is 3.82. The van der Waals surface area contributed by atoms with Gasteiger partial charge in [0.15, 0.2) is 0 Å². The van der Waals surface area contributed by atoms with Crippen molar-refractivity contribution in [2.24, 2.45) is 0 Å². The smallest absolute Gasteiger partial charge is 0.259 e. The van der Waals surface area contributed by atoms with E-state index >= 15 is 0 Å². The van der Waals surface area contributed by atoms with Crippen molar-refractivity contribution in [3.8, 4) is 5.75 Å². The van der Waals surface area contributed by atoms with Crippen LogP contribution in [0.1, 0.15) is 35.3 Å². The van der Waals surface area contributed by atoms with Crippen LogP contribution in [-0.2, 0) is 6.42 Å². The molecular weight excluding hydrogens is 326 g/mol. The lowest BCUT2D eigenvalue weighted by molar-refractivity contribution is 0.413. The zero-order valence-corrected chi connectivity index (χ0v) is 15.1. The minimum absolute atomic E-state index is 0.00447. The third-order valence-electron chi connectivity index (χ3n) is 4.94. The van der Waals surface area contributed by atoms with E-state index in [1.54, 1.807) is 11.7 Å². The van der Waals surface area contributed by atoms with Gasteiger partial charge in [0.25, 0.3) is 5.56 Å². The summed E-state index contributed by atoms with van der Waals surface area (Å²) < 4.78 is 7.18. The van der Waals surface area contributed by atoms with Gasteiger partial charge in [0.05, 0.1) is 13.2 Å². The molecule has 26 heavy (non-hydrogen) atoms. The van der Waals surface area contributed by atoms with Gasteiger partial charge in [0.1, 0.15) is 5.75 Å². The molecule has 1 aliphatic heterocycles. The first-order chi connectivity index (χ1) is 12.6. The average molecular weight is 347 g/mol. The second-order valence-corrected chi connectivity index (χ2v) is 6.42. The van der Waals surface area contributed by atoms with E-state index in [9.17, 15) is 4.79 Å². The van der Waals surface area contributed by atoms with Crippen molar-refractivity contribution in [3.05, 3.63) is 81.3 Å². The van der Waals surface area contributed by atoms with Gasteiger partial charge in [-0.3, -0.25) is 9.36 Å². The number of hydrogen-bond donors (Lipinski definition) is 1. The normalized spacial score (nSPS) is 15.0. The number of rotatable bonds is 3. The lowest BCUT2D eigenvalue weighted by Gasteiger charge is -2.31.